The molecule has 3 heterocycles. The summed E-state index contributed by atoms with van der Waals surface area (Å²) in [6, 6.07) is 15.2. The molecule has 0 radical (unpaired) electrons. The van der Waals surface area contributed by atoms with Crippen LogP contribution >= 0.6 is 0 Å². The highest BCUT2D eigenvalue weighted by Gasteiger charge is 2.39. The van der Waals surface area contributed by atoms with E-state index in [4.69, 9.17) is 9.47 Å². The Labute approximate surface area is 271 Å². The second-order valence-electron chi connectivity index (χ2n) is 12.2. The zero-order valence-corrected chi connectivity index (χ0v) is 25.6. The van der Waals surface area contributed by atoms with Gasteiger partial charge >= 0.3 is 12.1 Å². The van der Waals surface area contributed by atoms with E-state index in [9.17, 15) is 28.3 Å². The summed E-state index contributed by atoms with van der Waals surface area (Å²) in [7, 11) is 0. The molecule has 246 valence electrons. The van der Waals surface area contributed by atoms with Crippen LogP contribution in [-0.4, -0.2) is 38.8 Å². The lowest BCUT2D eigenvalue weighted by Crippen LogP contribution is -2.27. The summed E-state index contributed by atoms with van der Waals surface area (Å²) < 4.78 is 83.6. The van der Waals surface area contributed by atoms with Crippen LogP contribution in [0.2, 0.25) is 0 Å². The summed E-state index contributed by atoms with van der Waals surface area (Å²) in [6.45, 7) is 4.51. The Balaban J connectivity index is 1.28. The number of nitrogens with zero attached hydrogens (tertiary/aromatic N) is 4. The zero-order valence-electron chi connectivity index (χ0n) is 25.6. The summed E-state index contributed by atoms with van der Waals surface area (Å²) in [5, 5.41) is 18.9. The summed E-state index contributed by atoms with van der Waals surface area (Å²) >= 11 is 0. The fourth-order valence-electron chi connectivity index (χ4n) is 5.80. The van der Waals surface area contributed by atoms with Gasteiger partial charge in [-0.1, -0.05) is 26.0 Å². The number of carboxylic acids is 1. The SMILES string of the molecule is CC1(C)COCC1n1c(Cc2cc(F)c(-c3cccc(OCc4ccc(C(F)(F)F)cc4C#N)n3)cc2F)nc2ccc(C(=O)O)cc21. The number of aromatic carboxylic acids is 1. The van der Waals surface area contributed by atoms with E-state index < -0.39 is 29.3 Å². The number of nitriles is 1. The van der Waals surface area contributed by atoms with Crippen molar-refractivity contribution in [1.82, 2.24) is 14.5 Å². The number of carboxylic acid groups (broad SMARTS) is 1. The van der Waals surface area contributed by atoms with Crippen LogP contribution in [0.4, 0.5) is 22.0 Å². The van der Waals surface area contributed by atoms with E-state index in [1.165, 1.54) is 30.3 Å². The van der Waals surface area contributed by atoms with Crippen LogP contribution in [0.5, 0.6) is 5.88 Å². The standard InChI is InChI=1S/C35H27F5N4O4/c1-34(2)18-47-17-30(34)44-29-12-19(33(45)46)7-9-28(29)42-31(44)13-21-11-26(37)24(14-25(21)36)27-4-3-5-32(43-27)48-16-20-6-8-23(35(38,39)40)10-22(20)15-41/h3-12,14,30H,13,16-18H2,1-2H3,(H,45,46). The second kappa shape index (κ2) is 12.4. The van der Waals surface area contributed by atoms with Crippen LogP contribution in [0.3, 0.4) is 0 Å². The molecule has 0 saturated carbocycles. The molecule has 1 aliphatic heterocycles. The van der Waals surface area contributed by atoms with Crippen molar-refractivity contribution in [2.75, 3.05) is 13.2 Å². The minimum absolute atomic E-state index is 0.0155. The maximum absolute atomic E-state index is 15.7. The van der Waals surface area contributed by atoms with E-state index in [0.717, 1.165) is 30.3 Å². The van der Waals surface area contributed by atoms with Gasteiger partial charge in [-0.2, -0.15) is 18.4 Å². The molecule has 6 rings (SSSR count). The predicted octanol–water partition coefficient (Wildman–Crippen LogP) is 7.73. The van der Waals surface area contributed by atoms with Gasteiger partial charge in [-0.25, -0.2) is 23.5 Å². The summed E-state index contributed by atoms with van der Waals surface area (Å²) in [5.41, 5.74) is -0.318. The maximum Gasteiger partial charge on any atom is 0.416 e. The van der Waals surface area contributed by atoms with Gasteiger partial charge in [0.1, 0.15) is 24.1 Å². The monoisotopic (exact) mass is 662 g/mol. The van der Waals surface area contributed by atoms with E-state index in [2.05, 4.69) is 9.97 Å². The van der Waals surface area contributed by atoms with Gasteiger partial charge in [0.2, 0.25) is 5.88 Å². The molecule has 1 atom stereocenters. The van der Waals surface area contributed by atoms with E-state index >= 15 is 8.78 Å². The zero-order chi connectivity index (χ0) is 34.4. The van der Waals surface area contributed by atoms with Crippen molar-refractivity contribution in [2.45, 2.75) is 39.1 Å². The molecule has 3 aromatic carbocycles. The lowest BCUT2D eigenvalue weighted by Gasteiger charge is -2.28. The number of pyridine rings is 1. The average molecular weight is 663 g/mol. The van der Waals surface area contributed by atoms with E-state index in [-0.39, 0.29) is 63.9 Å². The van der Waals surface area contributed by atoms with Gasteiger partial charge in [0.25, 0.3) is 0 Å². The highest BCUT2D eigenvalue weighted by atomic mass is 19.4. The molecular formula is C35H27F5N4O4. The molecule has 8 nitrogen and oxygen atoms in total. The first-order chi connectivity index (χ1) is 22.7. The number of hydrogen-bond acceptors (Lipinski definition) is 6. The van der Waals surface area contributed by atoms with E-state index in [1.807, 2.05) is 18.4 Å². The van der Waals surface area contributed by atoms with Crippen LogP contribution in [-0.2, 0) is 23.9 Å². The first-order valence-electron chi connectivity index (χ1n) is 14.8. The van der Waals surface area contributed by atoms with Crippen molar-refractivity contribution < 1.29 is 41.3 Å². The fourth-order valence-corrected chi connectivity index (χ4v) is 5.80. The molecule has 1 unspecified atom stereocenters. The van der Waals surface area contributed by atoms with Crippen LogP contribution in [0.1, 0.15) is 58.3 Å². The Morgan fingerprint density at radius 1 is 1.06 bits per heavy atom. The third-order valence-electron chi connectivity index (χ3n) is 8.39. The van der Waals surface area contributed by atoms with Gasteiger partial charge < -0.3 is 19.1 Å². The Hall–Kier alpha value is -5.35. The van der Waals surface area contributed by atoms with Crippen molar-refractivity contribution in [1.29, 1.82) is 5.26 Å². The van der Waals surface area contributed by atoms with Gasteiger partial charge in [0, 0.05) is 29.0 Å². The number of carbonyl (C=O) groups is 1. The van der Waals surface area contributed by atoms with Crippen LogP contribution in [0, 0.1) is 28.4 Å². The quantitative estimate of drug-likeness (QED) is 0.169. The number of benzene rings is 3. The third-order valence-corrected chi connectivity index (χ3v) is 8.39. The number of ether oxygens (including phenoxy) is 2. The topological polar surface area (TPSA) is 110 Å². The number of fused-ring (bicyclic) bond motifs is 1. The highest BCUT2D eigenvalue weighted by Crippen LogP contribution is 2.41. The smallest absolute Gasteiger partial charge is 0.416 e. The van der Waals surface area contributed by atoms with Gasteiger partial charge in [-0.15, -0.1) is 0 Å². The molecule has 0 amide bonds. The molecule has 0 bridgehead atoms. The Morgan fingerprint density at radius 3 is 2.54 bits per heavy atom. The molecule has 0 spiro atoms. The minimum atomic E-state index is -4.61. The molecule has 2 aromatic heterocycles. The number of hydrogen-bond donors (Lipinski definition) is 1. The summed E-state index contributed by atoms with van der Waals surface area (Å²) in [4.78, 5) is 20.6. The van der Waals surface area contributed by atoms with Crippen LogP contribution in [0.15, 0.2) is 66.7 Å². The maximum atomic E-state index is 15.7. The largest absolute Gasteiger partial charge is 0.478 e. The lowest BCUT2D eigenvalue weighted by atomic mass is 9.87. The molecule has 0 aliphatic carbocycles. The molecule has 13 heteroatoms. The molecule has 1 N–H and O–H groups in total. The molecule has 48 heavy (non-hydrogen) atoms. The van der Waals surface area contributed by atoms with Crippen molar-refractivity contribution in [3.63, 3.8) is 0 Å². The van der Waals surface area contributed by atoms with Gasteiger partial charge in [0.05, 0.1) is 58.7 Å². The Kier molecular flexibility index (Phi) is 8.38. The fraction of sp³-hybridized carbons (Fsp3) is 0.257. The van der Waals surface area contributed by atoms with Gasteiger partial charge in [-0.3, -0.25) is 0 Å². The van der Waals surface area contributed by atoms with Gasteiger partial charge in [0.15, 0.2) is 0 Å². The number of imidazole rings is 1. The van der Waals surface area contributed by atoms with Crippen LogP contribution in [0.25, 0.3) is 22.3 Å². The lowest BCUT2D eigenvalue weighted by molar-refractivity contribution is -0.137. The predicted molar refractivity (Wildman–Crippen MR) is 163 cm³/mol. The first-order valence-corrected chi connectivity index (χ1v) is 14.8. The molecule has 5 aromatic rings. The second-order valence-corrected chi connectivity index (χ2v) is 12.2. The Bertz CT molecular complexity index is 2100. The molecular weight excluding hydrogens is 635 g/mol. The van der Waals surface area contributed by atoms with E-state index in [1.54, 1.807) is 12.1 Å². The highest BCUT2D eigenvalue weighted by molar-refractivity contribution is 5.92. The number of aromatic nitrogens is 3. The van der Waals surface area contributed by atoms with Crippen molar-refractivity contribution in [3.8, 4) is 23.2 Å². The summed E-state index contributed by atoms with van der Waals surface area (Å²) in [5.74, 6) is -2.21. The van der Waals surface area contributed by atoms with Crippen molar-refractivity contribution >= 4 is 17.0 Å². The van der Waals surface area contributed by atoms with Gasteiger partial charge in [-0.05, 0) is 54.1 Å². The average Bonchev–Trinajstić information content (AvgIpc) is 3.57. The van der Waals surface area contributed by atoms with Crippen molar-refractivity contribution in [3.05, 3.63) is 112 Å². The number of rotatable bonds is 8. The van der Waals surface area contributed by atoms with Crippen molar-refractivity contribution in [2.24, 2.45) is 5.41 Å². The molecule has 1 aliphatic rings. The minimum Gasteiger partial charge on any atom is -0.478 e. The number of alkyl halides is 3. The molecule has 1 saturated heterocycles. The van der Waals surface area contributed by atoms with Crippen LogP contribution < -0.4 is 4.74 Å². The molecule has 1 fully saturated rings. The third kappa shape index (κ3) is 6.31. The summed E-state index contributed by atoms with van der Waals surface area (Å²) in [6.07, 6.45) is -4.71. The normalized spacial score (nSPS) is 15.8. The Morgan fingerprint density at radius 2 is 1.85 bits per heavy atom. The first kappa shape index (κ1) is 32.6. The number of halogens is 5. The van der Waals surface area contributed by atoms with E-state index in [0.29, 0.717) is 30.1 Å².